The van der Waals surface area contributed by atoms with Gasteiger partial charge in [-0.15, -0.1) is 11.3 Å². The third-order valence-electron chi connectivity index (χ3n) is 3.13. The molecule has 0 fully saturated rings. The maximum atomic E-state index is 3.51. The summed E-state index contributed by atoms with van der Waals surface area (Å²) in [5.41, 5.74) is 3.94. The van der Waals surface area contributed by atoms with E-state index in [1.807, 2.05) is 11.3 Å². The molecule has 0 aliphatic carbocycles. The molecule has 0 amide bonds. The van der Waals surface area contributed by atoms with Crippen LogP contribution in [0.2, 0.25) is 0 Å². The molecule has 3 heteroatoms. The predicted molar refractivity (Wildman–Crippen MR) is 92.5 cm³/mol. The monoisotopic (exact) mass is 394 g/mol. The fourth-order valence-corrected chi connectivity index (χ4v) is 3.91. The largest absolute Gasteiger partial charge is 0.135 e. The molecular weight excluding hydrogens is 384 g/mol. The van der Waals surface area contributed by atoms with Crippen molar-refractivity contribution >= 4 is 53.3 Å². The molecule has 0 nitrogen and oxygen atoms in total. The maximum absolute atomic E-state index is 3.51. The Labute approximate surface area is 133 Å². The normalized spacial score (nSPS) is 11.1. The number of hydrogen-bond donors (Lipinski definition) is 0. The van der Waals surface area contributed by atoms with E-state index in [2.05, 4.69) is 80.4 Å². The van der Waals surface area contributed by atoms with Gasteiger partial charge in [-0.25, -0.2) is 0 Å². The van der Waals surface area contributed by atoms with Gasteiger partial charge in [0, 0.05) is 20.2 Å². The Morgan fingerprint density at radius 3 is 2.16 bits per heavy atom. The first-order chi connectivity index (χ1) is 9.30. The Balaban J connectivity index is 2.04. The molecule has 3 rings (SSSR count). The molecule has 2 aromatic carbocycles. The maximum Gasteiger partial charge on any atom is 0.0355 e. The summed E-state index contributed by atoms with van der Waals surface area (Å²) >= 11 is 8.85. The van der Waals surface area contributed by atoms with E-state index in [1.54, 1.807) is 0 Å². The van der Waals surface area contributed by atoms with Gasteiger partial charge in [-0.2, -0.15) is 0 Å². The predicted octanol–water partition coefficient (Wildman–Crippen LogP) is 6.36. The summed E-state index contributed by atoms with van der Waals surface area (Å²) in [6.07, 6.45) is 0. The van der Waals surface area contributed by atoms with E-state index in [-0.39, 0.29) is 0 Å². The van der Waals surface area contributed by atoms with E-state index >= 15 is 0 Å². The van der Waals surface area contributed by atoms with Crippen LogP contribution >= 0.6 is 43.2 Å². The SMILES string of the molecule is BrCc1ccc(-c2cc3ccc(CBr)cc3s2)cc1. The number of benzene rings is 2. The standard InChI is InChI=1S/C16H12Br2S/c17-9-11-1-4-13(5-2-11)16-8-14-6-3-12(10-18)7-15(14)19-16/h1-8H,9-10H2. The Hall–Kier alpha value is -0.640. The topological polar surface area (TPSA) is 0 Å². The van der Waals surface area contributed by atoms with E-state index in [0.29, 0.717) is 0 Å². The van der Waals surface area contributed by atoms with Crippen LogP contribution in [0.3, 0.4) is 0 Å². The van der Waals surface area contributed by atoms with Crippen molar-refractivity contribution < 1.29 is 0 Å². The second-order valence-electron chi connectivity index (χ2n) is 4.45. The highest BCUT2D eigenvalue weighted by atomic mass is 79.9. The number of halogens is 2. The Bertz CT molecular complexity index is 698. The minimum absolute atomic E-state index is 0.911. The van der Waals surface area contributed by atoms with Crippen LogP contribution in [0.5, 0.6) is 0 Å². The lowest BCUT2D eigenvalue weighted by Gasteiger charge is -1.98. The highest BCUT2D eigenvalue weighted by Gasteiger charge is 2.05. The zero-order chi connectivity index (χ0) is 13.2. The van der Waals surface area contributed by atoms with Gasteiger partial charge in [-0.3, -0.25) is 0 Å². The van der Waals surface area contributed by atoms with Crippen LogP contribution in [0.1, 0.15) is 11.1 Å². The van der Waals surface area contributed by atoms with Crippen LogP contribution in [-0.4, -0.2) is 0 Å². The molecule has 0 spiro atoms. The molecule has 0 unspecified atom stereocenters. The van der Waals surface area contributed by atoms with Crippen LogP contribution in [0.15, 0.2) is 48.5 Å². The quantitative estimate of drug-likeness (QED) is 0.452. The van der Waals surface area contributed by atoms with Gasteiger partial charge in [0.25, 0.3) is 0 Å². The molecule has 3 aromatic rings. The van der Waals surface area contributed by atoms with Crippen molar-refractivity contribution in [2.75, 3.05) is 0 Å². The number of thiophene rings is 1. The fraction of sp³-hybridized carbons (Fsp3) is 0.125. The van der Waals surface area contributed by atoms with Crippen molar-refractivity contribution in [2.45, 2.75) is 10.7 Å². The zero-order valence-corrected chi connectivity index (χ0v) is 14.2. The summed E-state index contributed by atoms with van der Waals surface area (Å²) in [4.78, 5) is 1.34. The van der Waals surface area contributed by atoms with Crippen LogP contribution in [-0.2, 0) is 10.7 Å². The Morgan fingerprint density at radius 2 is 1.47 bits per heavy atom. The van der Waals surface area contributed by atoms with Crippen LogP contribution in [0.4, 0.5) is 0 Å². The lowest BCUT2D eigenvalue weighted by Crippen LogP contribution is -1.76. The van der Waals surface area contributed by atoms with E-state index in [1.165, 1.54) is 31.7 Å². The van der Waals surface area contributed by atoms with Crippen LogP contribution in [0.25, 0.3) is 20.5 Å². The molecule has 96 valence electrons. The van der Waals surface area contributed by atoms with Gasteiger partial charge >= 0.3 is 0 Å². The van der Waals surface area contributed by atoms with Crippen molar-refractivity contribution in [3.63, 3.8) is 0 Å². The van der Waals surface area contributed by atoms with Crippen molar-refractivity contribution in [3.8, 4) is 10.4 Å². The highest BCUT2D eigenvalue weighted by molar-refractivity contribution is 9.08. The minimum atomic E-state index is 0.911. The molecule has 0 N–H and O–H groups in total. The first-order valence-electron chi connectivity index (χ1n) is 6.04. The summed E-state index contributed by atoms with van der Waals surface area (Å²) in [6.45, 7) is 0. The van der Waals surface area contributed by atoms with E-state index < -0.39 is 0 Å². The average molecular weight is 396 g/mol. The lowest BCUT2D eigenvalue weighted by molar-refractivity contribution is 1.44. The molecule has 0 bridgehead atoms. The molecular formula is C16H12Br2S. The van der Waals surface area contributed by atoms with Gasteiger partial charge in [0.1, 0.15) is 0 Å². The van der Waals surface area contributed by atoms with E-state index in [4.69, 9.17) is 0 Å². The van der Waals surface area contributed by atoms with Crippen molar-refractivity contribution in [1.29, 1.82) is 0 Å². The summed E-state index contributed by atoms with van der Waals surface area (Å²) in [5.74, 6) is 0. The number of fused-ring (bicyclic) bond motifs is 1. The van der Waals surface area contributed by atoms with Crippen molar-refractivity contribution in [3.05, 3.63) is 59.7 Å². The third kappa shape index (κ3) is 2.78. The Morgan fingerprint density at radius 1 is 0.789 bits per heavy atom. The first-order valence-corrected chi connectivity index (χ1v) is 9.10. The Kier molecular flexibility index (Phi) is 4.06. The van der Waals surface area contributed by atoms with E-state index in [0.717, 1.165) is 10.7 Å². The average Bonchev–Trinajstić information content (AvgIpc) is 2.90. The van der Waals surface area contributed by atoms with Crippen LogP contribution < -0.4 is 0 Å². The van der Waals surface area contributed by atoms with Gasteiger partial charge in [0.15, 0.2) is 0 Å². The van der Waals surface area contributed by atoms with Gasteiger partial charge in [0.2, 0.25) is 0 Å². The molecule has 0 saturated carbocycles. The summed E-state index contributed by atoms with van der Waals surface area (Å²) in [7, 11) is 0. The molecule has 0 atom stereocenters. The summed E-state index contributed by atoms with van der Waals surface area (Å²) < 4.78 is 1.36. The smallest absolute Gasteiger partial charge is 0.0355 e. The number of rotatable bonds is 3. The molecule has 19 heavy (non-hydrogen) atoms. The highest BCUT2D eigenvalue weighted by Crippen LogP contribution is 2.34. The molecule has 1 heterocycles. The van der Waals surface area contributed by atoms with E-state index in [9.17, 15) is 0 Å². The molecule has 0 radical (unpaired) electrons. The second kappa shape index (κ2) is 5.78. The van der Waals surface area contributed by atoms with Crippen molar-refractivity contribution in [1.82, 2.24) is 0 Å². The second-order valence-corrected chi connectivity index (χ2v) is 6.65. The molecule has 0 aliphatic heterocycles. The van der Waals surface area contributed by atoms with Gasteiger partial charge in [-0.05, 0) is 34.2 Å². The van der Waals surface area contributed by atoms with Gasteiger partial charge in [0.05, 0.1) is 0 Å². The first kappa shape index (κ1) is 13.3. The number of hydrogen-bond acceptors (Lipinski definition) is 1. The van der Waals surface area contributed by atoms with Gasteiger partial charge < -0.3 is 0 Å². The number of alkyl halides is 2. The summed E-state index contributed by atoms with van der Waals surface area (Å²) in [5, 5.41) is 3.15. The summed E-state index contributed by atoms with van der Waals surface area (Å²) in [6, 6.07) is 17.7. The lowest BCUT2D eigenvalue weighted by atomic mass is 10.1. The zero-order valence-electron chi connectivity index (χ0n) is 10.2. The fourth-order valence-electron chi connectivity index (χ4n) is 2.06. The van der Waals surface area contributed by atoms with Crippen LogP contribution in [0, 0.1) is 0 Å². The minimum Gasteiger partial charge on any atom is -0.135 e. The van der Waals surface area contributed by atoms with Crippen molar-refractivity contribution in [2.24, 2.45) is 0 Å². The third-order valence-corrected chi connectivity index (χ3v) is 5.57. The molecule has 0 aliphatic rings. The molecule has 0 saturated heterocycles. The van der Waals surface area contributed by atoms with Gasteiger partial charge in [-0.1, -0.05) is 68.3 Å². The molecule has 1 aromatic heterocycles.